The molecule has 18 heavy (non-hydrogen) atoms. The summed E-state index contributed by atoms with van der Waals surface area (Å²) in [6.45, 7) is 0. The van der Waals surface area contributed by atoms with Crippen LogP contribution >= 0.6 is 0 Å². The Kier molecular flexibility index (Phi) is 3.37. The lowest BCUT2D eigenvalue weighted by Crippen LogP contribution is -1.99. The molecule has 2 nitrogen and oxygen atoms in total. The molecule has 1 N–H and O–H groups in total. The van der Waals surface area contributed by atoms with Crippen LogP contribution in [-0.2, 0) is 11.2 Å². The molecular formula is C14H10F2O2. The summed E-state index contributed by atoms with van der Waals surface area (Å²) < 4.78 is 26.6. The number of carboxylic acids is 1. The highest BCUT2D eigenvalue weighted by molar-refractivity contribution is 5.71. The van der Waals surface area contributed by atoms with Gasteiger partial charge in [0, 0.05) is 5.56 Å². The van der Waals surface area contributed by atoms with Gasteiger partial charge in [-0.3, -0.25) is 4.79 Å². The number of hydrogen-bond donors (Lipinski definition) is 1. The molecule has 0 aromatic heterocycles. The Bertz CT molecular complexity index is 577. The first-order valence-electron chi connectivity index (χ1n) is 5.33. The second kappa shape index (κ2) is 4.96. The van der Waals surface area contributed by atoms with Gasteiger partial charge in [0.15, 0.2) is 11.6 Å². The Hall–Kier alpha value is -2.23. The highest BCUT2D eigenvalue weighted by Crippen LogP contribution is 2.24. The molecule has 0 atom stereocenters. The molecule has 0 radical (unpaired) electrons. The van der Waals surface area contributed by atoms with Gasteiger partial charge in [-0.1, -0.05) is 36.4 Å². The quantitative estimate of drug-likeness (QED) is 0.905. The van der Waals surface area contributed by atoms with Crippen LogP contribution in [0.5, 0.6) is 0 Å². The van der Waals surface area contributed by atoms with E-state index >= 15 is 0 Å². The average molecular weight is 248 g/mol. The zero-order valence-electron chi connectivity index (χ0n) is 9.36. The summed E-state index contributed by atoms with van der Waals surface area (Å²) in [5.74, 6) is -2.73. The predicted octanol–water partition coefficient (Wildman–Crippen LogP) is 3.26. The van der Waals surface area contributed by atoms with Crippen molar-refractivity contribution in [1.82, 2.24) is 0 Å². The monoisotopic (exact) mass is 248 g/mol. The molecule has 2 aromatic rings. The van der Waals surface area contributed by atoms with Crippen LogP contribution in [0.15, 0.2) is 42.5 Å². The second-order valence-corrected chi connectivity index (χ2v) is 3.87. The van der Waals surface area contributed by atoms with E-state index in [1.807, 2.05) is 0 Å². The van der Waals surface area contributed by atoms with Crippen molar-refractivity contribution in [2.24, 2.45) is 0 Å². The summed E-state index contributed by atoms with van der Waals surface area (Å²) in [6.07, 6.45) is -0.0914. The molecule has 0 saturated carbocycles. The van der Waals surface area contributed by atoms with Crippen LogP contribution < -0.4 is 0 Å². The van der Waals surface area contributed by atoms with Crippen LogP contribution in [0.3, 0.4) is 0 Å². The van der Waals surface area contributed by atoms with Crippen LogP contribution in [0.1, 0.15) is 5.56 Å². The fraction of sp³-hybridized carbons (Fsp3) is 0.0714. The molecule has 0 saturated heterocycles. The van der Waals surface area contributed by atoms with E-state index in [2.05, 4.69) is 0 Å². The zero-order chi connectivity index (χ0) is 13.1. The average Bonchev–Trinajstić information content (AvgIpc) is 2.33. The summed E-state index contributed by atoms with van der Waals surface area (Å²) >= 11 is 0. The Morgan fingerprint density at radius 1 is 1.06 bits per heavy atom. The number of benzene rings is 2. The highest BCUT2D eigenvalue weighted by atomic mass is 19.2. The molecule has 0 aliphatic rings. The van der Waals surface area contributed by atoms with Gasteiger partial charge in [0.25, 0.3) is 0 Å². The Balaban J connectivity index is 2.34. The molecule has 0 fully saturated rings. The number of carbonyl (C=O) groups is 1. The van der Waals surface area contributed by atoms with Gasteiger partial charge in [0.2, 0.25) is 0 Å². The SMILES string of the molecule is O=C(O)Cc1ccc(-c2cccc(F)c2F)cc1. The smallest absolute Gasteiger partial charge is 0.307 e. The van der Waals surface area contributed by atoms with E-state index in [9.17, 15) is 13.6 Å². The van der Waals surface area contributed by atoms with Gasteiger partial charge in [-0.15, -0.1) is 0 Å². The fourth-order valence-electron chi connectivity index (χ4n) is 1.70. The fourth-order valence-corrected chi connectivity index (χ4v) is 1.70. The largest absolute Gasteiger partial charge is 0.481 e. The number of carboxylic acid groups (broad SMARTS) is 1. The first kappa shape index (κ1) is 12.2. The summed E-state index contributed by atoms with van der Waals surface area (Å²) in [5.41, 5.74) is 1.29. The molecule has 0 heterocycles. The van der Waals surface area contributed by atoms with Crippen molar-refractivity contribution in [3.8, 4) is 11.1 Å². The molecule has 0 spiro atoms. The lowest BCUT2D eigenvalue weighted by Gasteiger charge is -2.05. The number of rotatable bonds is 3. The molecule has 92 valence electrons. The van der Waals surface area contributed by atoms with E-state index in [0.29, 0.717) is 11.1 Å². The molecule has 0 amide bonds. The van der Waals surface area contributed by atoms with Crippen molar-refractivity contribution < 1.29 is 18.7 Å². The van der Waals surface area contributed by atoms with Crippen molar-refractivity contribution in [2.45, 2.75) is 6.42 Å². The normalized spacial score (nSPS) is 10.3. The van der Waals surface area contributed by atoms with Gasteiger partial charge in [-0.2, -0.15) is 0 Å². The van der Waals surface area contributed by atoms with Gasteiger partial charge in [0.05, 0.1) is 6.42 Å². The topological polar surface area (TPSA) is 37.3 Å². The van der Waals surface area contributed by atoms with Crippen LogP contribution in [0.4, 0.5) is 8.78 Å². The van der Waals surface area contributed by atoms with E-state index in [-0.39, 0.29) is 12.0 Å². The maximum Gasteiger partial charge on any atom is 0.307 e. The minimum Gasteiger partial charge on any atom is -0.481 e. The third kappa shape index (κ3) is 2.53. The third-order valence-corrected chi connectivity index (χ3v) is 2.57. The summed E-state index contributed by atoms with van der Waals surface area (Å²) in [5, 5.41) is 8.62. The maximum absolute atomic E-state index is 13.5. The molecule has 4 heteroatoms. The van der Waals surface area contributed by atoms with E-state index in [0.717, 1.165) is 6.07 Å². The van der Waals surface area contributed by atoms with E-state index < -0.39 is 17.6 Å². The lowest BCUT2D eigenvalue weighted by atomic mass is 10.0. The van der Waals surface area contributed by atoms with Gasteiger partial charge in [-0.05, 0) is 17.2 Å². The Labute approximate surface area is 103 Å². The van der Waals surface area contributed by atoms with Crippen molar-refractivity contribution in [3.63, 3.8) is 0 Å². The molecule has 0 bridgehead atoms. The van der Waals surface area contributed by atoms with Crippen LogP contribution in [0.2, 0.25) is 0 Å². The second-order valence-electron chi connectivity index (χ2n) is 3.87. The van der Waals surface area contributed by atoms with Gasteiger partial charge in [0.1, 0.15) is 0 Å². The molecule has 0 aliphatic heterocycles. The Morgan fingerprint density at radius 2 is 1.72 bits per heavy atom. The van der Waals surface area contributed by atoms with Crippen LogP contribution in [0, 0.1) is 11.6 Å². The molecule has 0 aliphatic carbocycles. The van der Waals surface area contributed by atoms with Crippen molar-refractivity contribution in [1.29, 1.82) is 0 Å². The van der Waals surface area contributed by atoms with Crippen molar-refractivity contribution >= 4 is 5.97 Å². The first-order valence-corrected chi connectivity index (χ1v) is 5.33. The van der Waals surface area contributed by atoms with E-state index in [1.165, 1.54) is 12.1 Å². The predicted molar refractivity (Wildman–Crippen MR) is 63.1 cm³/mol. The number of hydrogen-bond acceptors (Lipinski definition) is 1. The minimum atomic E-state index is -0.931. The van der Waals surface area contributed by atoms with Gasteiger partial charge >= 0.3 is 5.97 Å². The molecule has 0 unspecified atom stereocenters. The summed E-state index contributed by atoms with van der Waals surface area (Å²) in [7, 11) is 0. The molecular weight excluding hydrogens is 238 g/mol. The van der Waals surface area contributed by atoms with Crippen LogP contribution in [0.25, 0.3) is 11.1 Å². The third-order valence-electron chi connectivity index (χ3n) is 2.57. The summed E-state index contributed by atoms with van der Waals surface area (Å²) in [4.78, 5) is 10.5. The molecule has 2 aromatic carbocycles. The lowest BCUT2D eigenvalue weighted by molar-refractivity contribution is -0.136. The van der Waals surface area contributed by atoms with Gasteiger partial charge < -0.3 is 5.11 Å². The molecule has 2 rings (SSSR count). The maximum atomic E-state index is 13.5. The number of halogens is 2. The standard InChI is InChI=1S/C14H10F2O2/c15-12-3-1-2-11(14(12)16)10-6-4-9(5-7-10)8-13(17)18/h1-7H,8H2,(H,17,18). The Morgan fingerprint density at radius 3 is 2.33 bits per heavy atom. The highest BCUT2D eigenvalue weighted by Gasteiger charge is 2.09. The van der Waals surface area contributed by atoms with E-state index in [4.69, 9.17) is 5.11 Å². The first-order chi connectivity index (χ1) is 8.58. The minimum absolute atomic E-state index is 0.0914. The van der Waals surface area contributed by atoms with Gasteiger partial charge in [-0.25, -0.2) is 8.78 Å². The van der Waals surface area contributed by atoms with Crippen LogP contribution in [-0.4, -0.2) is 11.1 Å². The number of aliphatic carboxylic acids is 1. The zero-order valence-corrected chi connectivity index (χ0v) is 9.36. The summed E-state index contributed by atoms with van der Waals surface area (Å²) in [6, 6.07) is 10.3. The van der Waals surface area contributed by atoms with Crippen molar-refractivity contribution in [2.75, 3.05) is 0 Å². The van der Waals surface area contributed by atoms with Crippen molar-refractivity contribution in [3.05, 3.63) is 59.7 Å². The van der Waals surface area contributed by atoms with E-state index in [1.54, 1.807) is 24.3 Å².